The zero-order valence-electron chi connectivity index (χ0n) is 13.6. The van der Waals surface area contributed by atoms with Crippen LogP contribution in [0.1, 0.15) is 59.8 Å². The molecule has 4 heteroatoms. The van der Waals surface area contributed by atoms with Crippen molar-refractivity contribution in [2.45, 2.75) is 71.4 Å². The highest BCUT2D eigenvalue weighted by molar-refractivity contribution is 5.76. The molecule has 1 fully saturated rings. The van der Waals surface area contributed by atoms with E-state index in [0.717, 1.165) is 25.9 Å². The third-order valence-corrected chi connectivity index (χ3v) is 4.49. The van der Waals surface area contributed by atoms with E-state index >= 15 is 0 Å². The molecule has 1 amide bonds. The molecule has 4 nitrogen and oxygen atoms in total. The van der Waals surface area contributed by atoms with E-state index in [-0.39, 0.29) is 17.9 Å². The highest BCUT2D eigenvalue weighted by Gasteiger charge is 2.26. The molecule has 1 aliphatic rings. The van der Waals surface area contributed by atoms with Crippen LogP contribution in [0, 0.1) is 5.92 Å². The van der Waals surface area contributed by atoms with Crippen LogP contribution in [0.25, 0.3) is 0 Å². The molecule has 1 saturated heterocycles. The molecule has 0 aromatic rings. The topological polar surface area (TPSA) is 52.6 Å². The van der Waals surface area contributed by atoms with Crippen LogP contribution < -0.4 is 5.32 Å². The molecular weight excluding hydrogens is 252 g/mol. The van der Waals surface area contributed by atoms with Gasteiger partial charge in [0.05, 0.1) is 5.60 Å². The number of likely N-dealkylation sites (tertiary alicyclic amines) is 1. The molecule has 2 N–H and O–H groups in total. The fourth-order valence-corrected chi connectivity index (χ4v) is 2.37. The average Bonchev–Trinajstić information content (AvgIpc) is 2.65. The molecule has 20 heavy (non-hydrogen) atoms. The molecule has 0 bridgehead atoms. The average molecular weight is 284 g/mol. The summed E-state index contributed by atoms with van der Waals surface area (Å²) in [5.41, 5.74) is -0.722. The van der Waals surface area contributed by atoms with E-state index in [1.54, 1.807) is 0 Å². The first-order valence-corrected chi connectivity index (χ1v) is 8.06. The summed E-state index contributed by atoms with van der Waals surface area (Å²) in [6.07, 6.45) is 5.28. The maximum Gasteiger partial charge on any atom is 0.224 e. The molecule has 1 rings (SSSR count). The number of amides is 1. The number of nitrogens with one attached hydrogen (secondary N) is 1. The van der Waals surface area contributed by atoms with Crippen LogP contribution in [0.3, 0.4) is 0 Å². The quantitative estimate of drug-likeness (QED) is 0.786. The fourth-order valence-electron chi connectivity index (χ4n) is 2.37. The number of hydrogen-bond donors (Lipinski definition) is 2. The maximum absolute atomic E-state index is 12.2. The highest BCUT2D eigenvalue weighted by Crippen LogP contribution is 2.15. The smallest absolute Gasteiger partial charge is 0.224 e. The number of hydrogen-bond acceptors (Lipinski definition) is 3. The van der Waals surface area contributed by atoms with Crippen LogP contribution in [-0.2, 0) is 4.79 Å². The van der Waals surface area contributed by atoms with Crippen LogP contribution >= 0.6 is 0 Å². The number of carbonyl (C=O) groups is 1. The second-order valence-corrected chi connectivity index (χ2v) is 6.79. The Balaban J connectivity index is 2.33. The monoisotopic (exact) mass is 284 g/mol. The van der Waals surface area contributed by atoms with Crippen molar-refractivity contribution < 1.29 is 9.90 Å². The molecule has 0 saturated carbocycles. The normalized spacial score (nSPS) is 21.4. The number of carbonyl (C=O) groups excluding carboxylic acids is 1. The Kier molecular flexibility index (Phi) is 6.96. The molecule has 2 atom stereocenters. The van der Waals surface area contributed by atoms with Gasteiger partial charge in [-0.05, 0) is 32.6 Å². The number of aliphatic hydroxyl groups is 1. The Labute approximate surface area is 123 Å². The molecular formula is C16H32N2O2. The summed E-state index contributed by atoms with van der Waals surface area (Å²) in [6, 6.07) is 0.107. The van der Waals surface area contributed by atoms with Crippen molar-refractivity contribution in [3.8, 4) is 0 Å². The Morgan fingerprint density at radius 2 is 1.75 bits per heavy atom. The van der Waals surface area contributed by atoms with Crippen molar-refractivity contribution in [1.29, 1.82) is 0 Å². The van der Waals surface area contributed by atoms with Crippen LogP contribution in [0.4, 0.5) is 0 Å². The first kappa shape index (κ1) is 17.4. The zero-order chi connectivity index (χ0) is 15.2. The lowest BCUT2D eigenvalue weighted by Crippen LogP contribution is -2.46. The Morgan fingerprint density at radius 3 is 2.25 bits per heavy atom. The number of rotatable bonds is 6. The zero-order valence-corrected chi connectivity index (χ0v) is 13.6. The Bertz CT molecular complexity index is 295. The highest BCUT2D eigenvalue weighted by atomic mass is 16.3. The molecule has 2 unspecified atom stereocenters. The van der Waals surface area contributed by atoms with Crippen molar-refractivity contribution in [2.75, 3.05) is 19.6 Å². The van der Waals surface area contributed by atoms with E-state index in [2.05, 4.69) is 5.32 Å². The molecule has 0 aromatic heterocycles. The minimum absolute atomic E-state index is 0.107. The third-order valence-electron chi connectivity index (χ3n) is 4.49. The first-order chi connectivity index (χ1) is 9.33. The van der Waals surface area contributed by atoms with Crippen molar-refractivity contribution in [1.82, 2.24) is 10.2 Å². The van der Waals surface area contributed by atoms with E-state index in [9.17, 15) is 9.90 Å². The summed E-state index contributed by atoms with van der Waals surface area (Å²) in [4.78, 5) is 14.2. The van der Waals surface area contributed by atoms with Gasteiger partial charge in [-0.2, -0.15) is 0 Å². The van der Waals surface area contributed by atoms with Gasteiger partial charge in [-0.15, -0.1) is 0 Å². The first-order valence-electron chi connectivity index (χ1n) is 8.06. The van der Waals surface area contributed by atoms with E-state index in [4.69, 9.17) is 0 Å². The van der Waals surface area contributed by atoms with Gasteiger partial charge in [-0.1, -0.05) is 26.7 Å². The van der Waals surface area contributed by atoms with Crippen LogP contribution in [-0.4, -0.2) is 47.2 Å². The SMILES string of the molecule is CC(CC(=O)N1CCCCCC1)NCC(C)(O)C(C)C. The summed E-state index contributed by atoms with van der Waals surface area (Å²) in [5.74, 6) is 0.444. The van der Waals surface area contributed by atoms with Gasteiger partial charge in [-0.25, -0.2) is 0 Å². The molecule has 0 spiro atoms. The standard InChI is InChI=1S/C16H32N2O2/c1-13(2)16(4,20)12-17-14(3)11-15(19)18-9-7-5-6-8-10-18/h13-14,17,20H,5-12H2,1-4H3. The fraction of sp³-hybridized carbons (Fsp3) is 0.938. The van der Waals surface area contributed by atoms with Gasteiger partial charge in [0.25, 0.3) is 0 Å². The summed E-state index contributed by atoms with van der Waals surface area (Å²) in [7, 11) is 0. The molecule has 0 aromatic carbocycles. The molecule has 1 heterocycles. The van der Waals surface area contributed by atoms with E-state index in [1.165, 1.54) is 12.8 Å². The van der Waals surface area contributed by atoms with Gasteiger partial charge in [-0.3, -0.25) is 4.79 Å². The minimum Gasteiger partial charge on any atom is -0.389 e. The summed E-state index contributed by atoms with van der Waals surface area (Å²) in [5, 5.41) is 13.5. The molecule has 0 aliphatic carbocycles. The van der Waals surface area contributed by atoms with E-state index < -0.39 is 5.60 Å². The molecule has 1 aliphatic heterocycles. The molecule has 0 radical (unpaired) electrons. The van der Waals surface area contributed by atoms with Crippen molar-refractivity contribution in [3.05, 3.63) is 0 Å². The maximum atomic E-state index is 12.2. The Morgan fingerprint density at radius 1 is 1.20 bits per heavy atom. The van der Waals surface area contributed by atoms with E-state index in [1.807, 2.05) is 32.6 Å². The van der Waals surface area contributed by atoms with Gasteiger partial charge in [0.1, 0.15) is 0 Å². The van der Waals surface area contributed by atoms with Crippen LogP contribution in [0.15, 0.2) is 0 Å². The second-order valence-electron chi connectivity index (χ2n) is 6.79. The predicted molar refractivity (Wildman–Crippen MR) is 82.6 cm³/mol. The summed E-state index contributed by atoms with van der Waals surface area (Å²) in [6.45, 7) is 10.2. The van der Waals surface area contributed by atoms with Gasteiger partial charge in [0.15, 0.2) is 0 Å². The lowest BCUT2D eigenvalue weighted by Gasteiger charge is -2.30. The van der Waals surface area contributed by atoms with Gasteiger partial charge in [0.2, 0.25) is 5.91 Å². The van der Waals surface area contributed by atoms with Gasteiger partial charge >= 0.3 is 0 Å². The lowest BCUT2D eigenvalue weighted by atomic mass is 9.92. The second kappa shape index (κ2) is 7.99. The minimum atomic E-state index is -0.722. The Hall–Kier alpha value is -0.610. The van der Waals surface area contributed by atoms with Gasteiger partial charge in [0, 0.05) is 32.1 Å². The summed E-state index contributed by atoms with van der Waals surface area (Å²) < 4.78 is 0. The third kappa shape index (κ3) is 5.80. The van der Waals surface area contributed by atoms with Crippen LogP contribution in [0.5, 0.6) is 0 Å². The lowest BCUT2D eigenvalue weighted by molar-refractivity contribution is -0.131. The largest absolute Gasteiger partial charge is 0.389 e. The van der Waals surface area contributed by atoms with E-state index in [0.29, 0.717) is 13.0 Å². The van der Waals surface area contributed by atoms with Gasteiger partial charge < -0.3 is 15.3 Å². The van der Waals surface area contributed by atoms with Crippen molar-refractivity contribution >= 4 is 5.91 Å². The predicted octanol–water partition coefficient (Wildman–Crippen LogP) is 2.16. The van der Waals surface area contributed by atoms with Crippen molar-refractivity contribution in [3.63, 3.8) is 0 Å². The van der Waals surface area contributed by atoms with Crippen molar-refractivity contribution in [2.24, 2.45) is 5.92 Å². The number of nitrogens with zero attached hydrogens (tertiary/aromatic N) is 1. The summed E-state index contributed by atoms with van der Waals surface area (Å²) >= 11 is 0. The van der Waals surface area contributed by atoms with Crippen LogP contribution in [0.2, 0.25) is 0 Å². The molecule has 118 valence electrons.